The van der Waals surface area contributed by atoms with Crippen LogP contribution in [0.3, 0.4) is 0 Å². The van der Waals surface area contributed by atoms with Crippen LogP contribution < -0.4 is 0 Å². The first-order valence-corrected chi connectivity index (χ1v) is 4.76. The van der Waals surface area contributed by atoms with Gasteiger partial charge in [-0.05, 0) is 18.3 Å². The van der Waals surface area contributed by atoms with Crippen molar-refractivity contribution in [2.24, 2.45) is 17.8 Å². The van der Waals surface area contributed by atoms with Crippen LogP contribution in [0.4, 0.5) is 0 Å². The first-order chi connectivity index (χ1) is 5.31. The summed E-state index contributed by atoms with van der Waals surface area (Å²) in [5, 5.41) is 0. The third kappa shape index (κ3) is 2.05. The summed E-state index contributed by atoms with van der Waals surface area (Å²) in [6.07, 6.45) is 6.34. The van der Waals surface area contributed by atoms with Crippen LogP contribution in [-0.2, 0) is 4.79 Å². The van der Waals surface area contributed by atoms with Crippen molar-refractivity contribution in [2.45, 2.75) is 39.5 Å². The normalized spacial score (nSPS) is 35.3. The van der Waals surface area contributed by atoms with Crippen LogP contribution in [0.25, 0.3) is 0 Å². The van der Waals surface area contributed by atoms with Crippen LogP contribution in [0.15, 0.2) is 0 Å². The number of hydrogen-bond acceptors (Lipinski definition) is 1. The van der Waals surface area contributed by atoms with Crippen LogP contribution in [0.1, 0.15) is 39.5 Å². The van der Waals surface area contributed by atoms with E-state index in [1.807, 2.05) is 0 Å². The molecule has 0 aromatic carbocycles. The number of aldehydes is 1. The van der Waals surface area contributed by atoms with Crippen LogP contribution in [-0.4, -0.2) is 6.29 Å². The molecule has 0 aliphatic heterocycles. The Morgan fingerprint density at radius 2 is 2.09 bits per heavy atom. The van der Waals surface area contributed by atoms with Crippen molar-refractivity contribution in [3.63, 3.8) is 0 Å². The van der Waals surface area contributed by atoms with Gasteiger partial charge in [0.25, 0.3) is 0 Å². The number of rotatable bonds is 5. The predicted octanol–water partition coefficient (Wildman–Crippen LogP) is 2.65. The number of hydrogen-bond donors (Lipinski definition) is 0. The van der Waals surface area contributed by atoms with Gasteiger partial charge in [-0.2, -0.15) is 0 Å². The standard InChI is InChI=1S/C10H18O/c1-3-4-5-6-9-8(2)10(9)7-11/h7-10H,3-6H2,1-2H3. The fourth-order valence-electron chi connectivity index (χ4n) is 1.89. The van der Waals surface area contributed by atoms with E-state index in [-0.39, 0.29) is 0 Å². The van der Waals surface area contributed by atoms with E-state index < -0.39 is 0 Å². The van der Waals surface area contributed by atoms with Gasteiger partial charge in [0.2, 0.25) is 0 Å². The van der Waals surface area contributed by atoms with Crippen LogP contribution >= 0.6 is 0 Å². The second-order valence-corrected chi connectivity index (χ2v) is 3.73. The molecule has 0 bridgehead atoms. The zero-order chi connectivity index (χ0) is 8.27. The zero-order valence-corrected chi connectivity index (χ0v) is 7.55. The molecule has 0 heterocycles. The fourth-order valence-corrected chi connectivity index (χ4v) is 1.89. The van der Waals surface area contributed by atoms with Gasteiger partial charge in [0.15, 0.2) is 0 Å². The maximum Gasteiger partial charge on any atom is 0.123 e. The molecule has 1 saturated carbocycles. The average Bonchev–Trinajstić information content (AvgIpc) is 2.62. The van der Waals surface area contributed by atoms with Crippen molar-refractivity contribution in [1.29, 1.82) is 0 Å². The van der Waals surface area contributed by atoms with Crippen molar-refractivity contribution >= 4 is 6.29 Å². The van der Waals surface area contributed by atoms with Crippen LogP contribution in [0.2, 0.25) is 0 Å². The van der Waals surface area contributed by atoms with Gasteiger partial charge in [-0.25, -0.2) is 0 Å². The third-order valence-corrected chi connectivity index (χ3v) is 2.93. The summed E-state index contributed by atoms with van der Waals surface area (Å²) in [4.78, 5) is 10.4. The molecular weight excluding hydrogens is 136 g/mol. The summed E-state index contributed by atoms with van der Waals surface area (Å²) in [5.74, 6) is 1.83. The van der Waals surface area contributed by atoms with Gasteiger partial charge >= 0.3 is 0 Å². The minimum atomic E-state index is 0.409. The molecule has 0 radical (unpaired) electrons. The van der Waals surface area contributed by atoms with E-state index in [1.165, 1.54) is 25.7 Å². The van der Waals surface area contributed by atoms with Crippen molar-refractivity contribution in [2.75, 3.05) is 0 Å². The van der Waals surface area contributed by atoms with E-state index in [9.17, 15) is 4.79 Å². The highest BCUT2D eigenvalue weighted by atomic mass is 16.1. The fraction of sp³-hybridized carbons (Fsp3) is 0.900. The highest BCUT2D eigenvalue weighted by Gasteiger charge is 2.45. The molecule has 0 aromatic rings. The molecule has 0 spiro atoms. The Morgan fingerprint density at radius 1 is 1.36 bits per heavy atom. The maximum absolute atomic E-state index is 10.4. The largest absolute Gasteiger partial charge is 0.303 e. The summed E-state index contributed by atoms with van der Waals surface area (Å²) in [7, 11) is 0. The first-order valence-electron chi connectivity index (χ1n) is 4.76. The van der Waals surface area contributed by atoms with Crippen LogP contribution in [0, 0.1) is 17.8 Å². The maximum atomic E-state index is 10.4. The van der Waals surface area contributed by atoms with Crippen molar-refractivity contribution < 1.29 is 4.79 Å². The van der Waals surface area contributed by atoms with E-state index in [0.717, 1.165) is 12.2 Å². The molecule has 1 heteroatoms. The van der Waals surface area contributed by atoms with E-state index >= 15 is 0 Å². The van der Waals surface area contributed by atoms with Gasteiger partial charge in [0, 0.05) is 5.92 Å². The van der Waals surface area contributed by atoms with Crippen molar-refractivity contribution in [1.82, 2.24) is 0 Å². The molecule has 1 rings (SSSR count). The summed E-state index contributed by atoms with van der Waals surface area (Å²) in [5.41, 5.74) is 0. The Labute approximate surface area is 69.2 Å². The van der Waals surface area contributed by atoms with Crippen LogP contribution in [0.5, 0.6) is 0 Å². The number of carbonyl (C=O) groups is 1. The number of unbranched alkanes of at least 4 members (excludes halogenated alkanes) is 2. The van der Waals surface area contributed by atoms with Gasteiger partial charge < -0.3 is 4.79 Å². The SMILES string of the molecule is CCCCCC1C(C)C1C=O. The Kier molecular flexibility index (Phi) is 3.10. The van der Waals surface area contributed by atoms with Gasteiger partial charge in [-0.15, -0.1) is 0 Å². The van der Waals surface area contributed by atoms with E-state index in [2.05, 4.69) is 13.8 Å². The Morgan fingerprint density at radius 3 is 2.55 bits per heavy atom. The van der Waals surface area contributed by atoms with Gasteiger partial charge in [0.1, 0.15) is 6.29 Å². The molecule has 0 aromatic heterocycles. The molecule has 0 amide bonds. The summed E-state index contributed by atoms with van der Waals surface area (Å²) >= 11 is 0. The molecule has 3 unspecified atom stereocenters. The first kappa shape index (κ1) is 8.76. The second-order valence-electron chi connectivity index (χ2n) is 3.73. The monoisotopic (exact) mass is 154 g/mol. The Bertz CT molecular complexity index is 131. The molecular formula is C10H18O. The van der Waals surface area contributed by atoms with E-state index in [1.54, 1.807) is 0 Å². The lowest BCUT2D eigenvalue weighted by Gasteiger charge is -1.95. The lowest BCUT2D eigenvalue weighted by atomic mass is 10.1. The summed E-state index contributed by atoms with van der Waals surface area (Å²) in [6.45, 7) is 4.41. The molecule has 64 valence electrons. The predicted molar refractivity (Wildman–Crippen MR) is 46.4 cm³/mol. The smallest absolute Gasteiger partial charge is 0.123 e. The molecule has 1 nitrogen and oxygen atoms in total. The lowest BCUT2D eigenvalue weighted by Crippen LogP contribution is -1.83. The average molecular weight is 154 g/mol. The molecule has 0 saturated heterocycles. The van der Waals surface area contributed by atoms with Crippen molar-refractivity contribution in [3.8, 4) is 0 Å². The minimum Gasteiger partial charge on any atom is -0.303 e. The number of carbonyl (C=O) groups excluding carboxylic acids is 1. The quantitative estimate of drug-likeness (QED) is 0.439. The minimum absolute atomic E-state index is 0.409. The molecule has 3 atom stereocenters. The van der Waals surface area contributed by atoms with E-state index in [0.29, 0.717) is 11.8 Å². The van der Waals surface area contributed by atoms with Gasteiger partial charge in [0.05, 0.1) is 0 Å². The van der Waals surface area contributed by atoms with E-state index in [4.69, 9.17) is 0 Å². The molecule has 1 aliphatic carbocycles. The Balaban J connectivity index is 2.06. The highest BCUT2D eigenvalue weighted by Crippen LogP contribution is 2.47. The zero-order valence-electron chi connectivity index (χ0n) is 7.55. The van der Waals surface area contributed by atoms with Crippen molar-refractivity contribution in [3.05, 3.63) is 0 Å². The molecule has 1 fully saturated rings. The Hall–Kier alpha value is -0.330. The lowest BCUT2D eigenvalue weighted by molar-refractivity contribution is -0.109. The summed E-state index contributed by atoms with van der Waals surface area (Å²) in [6, 6.07) is 0. The molecule has 1 aliphatic rings. The second kappa shape index (κ2) is 3.89. The van der Waals surface area contributed by atoms with Gasteiger partial charge in [-0.1, -0.05) is 33.1 Å². The summed E-state index contributed by atoms with van der Waals surface area (Å²) < 4.78 is 0. The molecule has 0 N–H and O–H groups in total. The topological polar surface area (TPSA) is 17.1 Å². The third-order valence-electron chi connectivity index (χ3n) is 2.93. The molecule has 11 heavy (non-hydrogen) atoms. The highest BCUT2D eigenvalue weighted by molar-refractivity contribution is 5.59. The van der Waals surface area contributed by atoms with Gasteiger partial charge in [-0.3, -0.25) is 0 Å².